The molecule has 2 amide bonds. The van der Waals surface area contributed by atoms with Crippen LogP contribution in [0.4, 0.5) is 11.4 Å². The highest BCUT2D eigenvalue weighted by molar-refractivity contribution is 9.10. The summed E-state index contributed by atoms with van der Waals surface area (Å²) in [6, 6.07) is 30.9. The molecule has 0 aliphatic carbocycles. The predicted molar refractivity (Wildman–Crippen MR) is 194 cm³/mol. The lowest BCUT2D eigenvalue weighted by atomic mass is 9.99. The first-order valence-corrected chi connectivity index (χ1v) is 17.4. The van der Waals surface area contributed by atoms with E-state index in [1.807, 2.05) is 97.1 Å². The fraction of sp³-hybridized carbons (Fsp3) is 0.316. The Kier molecular flexibility index (Phi) is 13.3. The molecule has 0 heterocycles. The van der Waals surface area contributed by atoms with Crippen LogP contribution in [-0.2, 0) is 9.59 Å². The topological polar surface area (TPSA) is 59.1 Å². The Morgan fingerprint density at radius 1 is 0.609 bits per heavy atom. The molecular formula is C38H42Br2N2O4. The summed E-state index contributed by atoms with van der Waals surface area (Å²) < 4.78 is 13.6. The number of carbonyl (C=O) groups excluding carboxylic acids is 2. The van der Waals surface area contributed by atoms with Crippen LogP contribution in [0.2, 0.25) is 0 Å². The molecule has 4 aromatic carbocycles. The van der Waals surface area contributed by atoms with E-state index in [4.69, 9.17) is 9.47 Å². The number of rotatable bonds is 15. The zero-order valence-corrected chi connectivity index (χ0v) is 30.1. The van der Waals surface area contributed by atoms with E-state index in [1.54, 1.807) is 9.80 Å². The number of anilines is 2. The van der Waals surface area contributed by atoms with Gasteiger partial charge in [0.2, 0.25) is 0 Å². The van der Waals surface area contributed by atoms with Gasteiger partial charge in [0, 0.05) is 24.5 Å². The van der Waals surface area contributed by atoms with Crippen LogP contribution in [0, 0.1) is 0 Å². The molecule has 2 atom stereocenters. The highest BCUT2D eigenvalue weighted by atomic mass is 79.9. The van der Waals surface area contributed by atoms with Crippen LogP contribution in [0.3, 0.4) is 0 Å². The van der Waals surface area contributed by atoms with E-state index >= 15 is 0 Å². The minimum atomic E-state index is -0.217. The zero-order chi connectivity index (χ0) is 33.1. The fourth-order valence-electron chi connectivity index (χ4n) is 5.00. The summed E-state index contributed by atoms with van der Waals surface area (Å²) in [6.07, 6.45) is 2.07. The number of nitrogens with zero attached hydrogens (tertiary/aromatic N) is 2. The molecule has 4 aromatic rings. The fourth-order valence-corrected chi connectivity index (χ4v) is 6.02. The Hall–Kier alpha value is -3.62. The lowest BCUT2D eigenvalue weighted by molar-refractivity contribution is -0.122. The van der Waals surface area contributed by atoms with Crippen molar-refractivity contribution in [1.82, 2.24) is 0 Å². The summed E-state index contributed by atoms with van der Waals surface area (Å²) in [5.41, 5.74) is 3.88. The number of carbonyl (C=O) groups is 2. The van der Waals surface area contributed by atoms with Gasteiger partial charge in [0.05, 0.1) is 8.95 Å². The second-order valence-electron chi connectivity index (χ2n) is 11.3. The number of hydrogen-bond donors (Lipinski definition) is 0. The SMILES string of the molecule is CCC(C)c1ccc(OCC(=O)N(CCN(C(=O)COc2ccc(C(C)CC)cc2Br)c2ccccc2)c2ccccc2)c(Br)c1. The van der Waals surface area contributed by atoms with Crippen LogP contribution < -0.4 is 19.3 Å². The molecule has 0 N–H and O–H groups in total. The molecular weight excluding hydrogens is 708 g/mol. The van der Waals surface area contributed by atoms with E-state index in [0.29, 0.717) is 23.3 Å². The molecule has 0 radical (unpaired) electrons. The van der Waals surface area contributed by atoms with Crippen molar-refractivity contribution >= 4 is 55.0 Å². The molecule has 0 aliphatic rings. The Morgan fingerprint density at radius 2 is 0.978 bits per heavy atom. The molecule has 0 spiro atoms. The summed E-state index contributed by atoms with van der Waals surface area (Å²) in [5, 5.41) is 0. The van der Waals surface area contributed by atoms with Crippen molar-refractivity contribution in [2.75, 3.05) is 36.1 Å². The third kappa shape index (κ3) is 9.46. The Balaban J connectivity index is 1.48. The zero-order valence-electron chi connectivity index (χ0n) is 26.9. The van der Waals surface area contributed by atoms with Crippen molar-refractivity contribution < 1.29 is 19.1 Å². The molecule has 0 fully saturated rings. The van der Waals surface area contributed by atoms with Gasteiger partial charge in [-0.05, 0) is 116 Å². The lowest BCUT2D eigenvalue weighted by Gasteiger charge is -2.28. The second-order valence-corrected chi connectivity index (χ2v) is 13.0. The van der Waals surface area contributed by atoms with Crippen LogP contribution in [0.1, 0.15) is 63.5 Å². The molecule has 242 valence electrons. The number of hydrogen-bond acceptors (Lipinski definition) is 4. The largest absolute Gasteiger partial charge is 0.483 e. The minimum absolute atomic E-state index is 0.154. The van der Waals surface area contributed by atoms with Gasteiger partial charge in [-0.1, -0.05) is 76.2 Å². The molecule has 2 unspecified atom stereocenters. The second kappa shape index (κ2) is 17.3. The Labute approximate surface area is 290 Å². The van der Waals surface area contributed by atoms with Crippen molar-refractivity contribution in [3.63, 3.8) is 0 Å². The first-order chi connectivity index (χ1) is 22.2. The molecule has 0 saturated carbocycles. The third-order valence-corrected chi connectivity index (χ3v) is 9.50. The first-order valence-electron chi connectivity index (χ1n) is 15.8. The number of benzene rings is 4. The summed E-state index contributed by atoms with van der Waals surface area (Å²) in [7, 11) is 0. The van der Waals surface area contributed by atoms with Gasteiger partial charge in [-0.15, -0.1) is 0 Å². The van der Waals surface area contributed by atoms with E-state index < -0.39 is 0 Å². The maximum Gasteiger partial charge on any atom is 0.264 e. The number of amides is 2. The third-order valence-electron chi connectivity index (χ3n) is 8.26. The number of ether oxygens (including phenoxy) is 2. The maximum atomic E-state index is 13.7. The summed E-state index contributed by atoms with van der Waals surface area (Å²) >= 11 is 7.22. The number of para-hydroxylation sites is 2. The van der Waals surface area contributed by atoms with Crippen LogP contribution in [0.15, 0.2) is 106 Å². The Morgan fingerprint density at radius 3 is 1.30 bits per heavy atom. The molecule has 4 rings (SSSR count). The molecule has 0 aromatic heterocycles. The van der Waals surface area contributed by atoms with Crippen molar-refractivity contribution in [2.45, 2.75) is 52.4 Å². The molecule has 0 saturated heterocycles. The van der Waals surface area contributed by atoms with Crippen LogP contribution in [0.25, 0.3) is 0 Å². The maximum absolute atomic E-state index is 13.7. The number of halogens is 2. The van der Waals surface area contributed by atoms with Gasteiger partial charge in [-0.2, -0.15) is 0 Å². The molecule has 8 heteroatoms. The summed E-state index contributed by atoms with van der Waals surface area (Å²) in [6.45, 7) is 8.89. The van der Waals surface area contributed by atoms with Gasteiger partial charge in [-0.25, -0.2) is 0 Å². The smallest absolute Gasteiger partial charge is 0.264 e. The lowest BCUT2D eigenvalue weighted by Crippen LogP contribution is -2.44. The summed E-state index contributed by atoms with van der Waals surface area (Å²) in [5.74, 6) is 1.64. The van der Waals surface area contributed by atoms with Crippen molar-refractivity contribution in [1.29, 1.82) is 0 Å². The predicted octanol–water partition coefficient (Wildman–Crippen LogP) is 9.76. The normalized spacial score (nSPS) is 12.2. The van der Waals surface area contributed by atoms with Crippen molar-refractivity contribution in [3.05, 3.63) is 117 Å². The van der Waals surface area contributed by atoms with Gasteiger partial charge in [0.15, 0.2) is 13.2 Å². The van der Waals surface area contributed by atoms with E-state index in [2.05, 4.69) is 59.6 Å². The molecule has 46 heavy (non-hydrogen) atoms. The van der Waals surface area contributed by atoms with E-state index in [0.717, 1.165) is 33.2 Å². The minimum Gasteiger partial charge on any atom is -0.483 e. The van der Waals surface area contributed by atoms with Gasteiger partial charge in [0.1, 0.15) is 11.5 Å². The van der Waals surface area contributed by atoms with E-state index in [1.165, 1.54) is 11.1 Å². The average molecular weight is 751 g/mol. The highest BCUT2D eigenvalue weighted by Gasteiger charge is 2.22. The van der Waals surface area contributed by atoms with Crippen LogP contribution >= 0.6 is 31.9 Å². The first kappa shape index (κ1) is 35.2. The summed E-state index contributed by atoms with van der Waals surface area (Å²) in [4.78, 5) is 30.7. The van der Waals surface area contributed by atoms with E-state index in [-0.39, 0.29) is 38.1 Å². The van der Waals surface area contributed by atoms with Gasteiger partial charge >= 0.3 is 0 Å². The molecule has 0 aliphatic heterocycles. The van der Waals surface area contributed by atoms with Crippen molar-refractivity contribution in [2.24, 2.45) is 0 Å². The Bertz CT molecular complexity index is 1460. The molecule has 6 nitrogen and oxygen atoms in total. The monoisotopic (exact) mass is 748 g/mol. The standard InChI is InChI=1S/C38H42Br2N2O4/c1-5-27(3)29-17-19-35(33(39)23-29)45-25-37(43)41(31-13-9-7-10-14-31)21-22-42(32-15-11-8-12-16-32)38(44)26-46-36-20-18-30(24-34(36)40)28(4)6-2/h7-20,23-24,27-28H,5-6,21-22,25-26H2,1-4H3. The van der Waals surface area contributed by atoms with E-state index in [9.17, 15) is 9.59 Å². The molecule has 0 bridgehead atoms. The van der Waals surface area contributed by atoms with Crippen LogP contribution in [-0.4, -0.2) is 38.1 Å². The van der Waals surface area contributed by atoms with Gasteiger partial charge in [0.25, 0.3) is 11.8 Å². The van der Waals surface area contributed by atoms with Gasteiger partial charge in [-0.3, -0.25) is 9.59 Å². The average Bonchev–Trinajstić information content (AvgIpc) is 3.08. The van der Waals surface area contributed by atoms with Crippen molar-refractivity contribution in [3.8, 4) is 11.5 Å². The quantitative estimate of drug-likeness (QED) is 0.122. The highest BCUT2D eigenvalue weighted by Crippen LogP contribution is 2.31. The van der Waals surface area contributed by atoms with Gasteiger partial charge < -0.3 is 19.3 Å². The van der Waals surface area contributed by atoms with Crippen LogP contribution in [0.5, 0.6) is 11.5 Å².